The molecule has 0 radical (unpaired) electrons. The molecule has 0 spiro atoms. The monoisotopic (exact) mass is 319 g/mol. The number of alkyl halides is 1. The van der Waals surface area contributed by atoms with E-state index in [1.807, 2.05) is 23.1 Å². The molecule has 1 atom stereocenters. The van der Waals surface area contributed by atoms with Crippen LogP contribution in [0.25, 0.3) is 0 Å². The zero-order valence-corrected chi connectivity index (χ0v) is 14.6. The second-order valence-corrected chi connectivity index (χ2v) is 6.90. The van der Waals surface area contributed by atoms with E-state index in [-0.39, 0.29) is 12.2 Å². The van der Waals surface area contributed by atoms with Gasteiger partial charge in [0.15, 0.2) is 12.1 Å². The van der Waals surface area contributed by atoms with Gasteiger partial charge in [-0.3, -0.25) is 9.69 Å². The molecule has 1 aliphatic rings. The number of Topliss-reactive ketones (excluding diaryl/α,β-unsaturated/α-hetero) is 1. The zero-order valence-electron chi connectivity index (χ0n) is 14.6. The van der Waals surface area contributed by atoms with E-state index < -0.39 is 6.30 Å². The number of rotatable bonds is 8. The van der Waals surface area contributed by atoms with Crippen molar-refractivity contribution in [3.05, 3.63) is 35.9 Å². The minimum Gasteiger partial charge on any atom is -0.294 e. The summed E-state index contributed by atoms with van der Waals surface area (Å²) < 4.78 is 14.5. The van der Waals surface area contributed by atoms with Crippen LogP contribution in [0.1, 0.15) is 69.2 Å². The lowest BCUT2D eigenvalue weighted by Gasteiger charge is -2.42. The number of ketones is 1. The summed E-state index contributed by atoms with van der Waals surface area (Å²) in [5.74, 6) is 0.0409. The number of nitrogens with zero attached hydrogens (tertiary/aromatic N) is 1. The Balaban J connectivity index is 1.79. The van der Waals surface area contributed by atoms with Gasteiger partial charge in [0.05, 0.1) is 0 Å². The average Bonchev–Trinajstić information content (AvgIpc) is 2.61. The van der Waals surface area contributed by atoms with Gasteiger partial charge in [0.1, 0.15) is 0 Å². The molecule has 23 heavy (non-hydrogen) atoms. The van der Waals surface area contributed by atoms with Crippen LogP contribution in [0.3, 0.4) is 0 Å². The molecule has 1 aromatic rings. The second-order valence-electron chi connectivity index (χ2n) is 6.90. The largest absolute Gasteiger partial charge is 0.294 e. The maximum atomic E-state index is 14.5. The lowest BCUT2D eigenvalue weighted by atomic mass is 9.73. The van der Waals surface area contributed by atoms with Crippen LogP contribution in [0.15, 0.2) is 30.3 Å². The van der Waals surface area contributed by atoms with Crippen molar-refractivity contribution in [1.82, 2.24) is 4.90 Å². The number of likely N-dealkylation sites (tertiary alicyclic amines) is 1. The van der Waals surface area contributed by atoms with Gasteiger partial charge < -0.3 is 0 Å². The topological polar surface area (TPSA) is 20.3 Å². The van der Waals surface area contributed by atoms with Crippen LogP contribution in [-0.2, 0) is 0 Å². The first-order valence-corrected chi connectivity index (χ1v) is 9.06. The van der Waals surface area contributed by atoms with E-state index in [2.05, 4.69) is 13.8 Å². The maximum absolute atomic E-state index is 14.5. The van der Waals surface area contributed by atoms with E-state index in [9.17, 15) is 9.18 Å². The number of carbonyl (C=O) groups excluding carboxylic acids is 1. The third-order valence-electron chi connectivity index (χ3n) is 5.49. The lowest BCUT2D eigenvalue weighted by Crippen LogP contribution is -2.43. The molecular formula is C20H30FNO. The standard InChI is InChI=1S/C20H30FNO/c1-3-12-20(4-2)13-15-22(16-14-20)19(21)11-10-18(23)17-8-6-5-7-9-17/h5-9,19H,3-4,10-16H2,1-2H3. The summed E-state index contributed by atoms with van der Waals surface area (Å²) in [7, 11) is 0. The van der Waals surface area contributed by atoms with Crippen molar-refractivity contribution < 1.29 is 9.18 Å². The van der Waals surface area contributed by atoms with Gasteiger partial charge in [0.25, 0.3) is 0 Å². The number of carbonyl (C=O) groups is 1. The van der Waals surface area contributed by atoms with Crippen molar-refractivity contribution in [2.24, 2.45) is 5.41 Å². The van der Waals surface area contributed by atoms with Crippen molar-refractivity contribution in [3.8, 4) is 0 Å². The fraction of sp³-hybridized carbons (Fsp3) is 0.650. The van der Waals surface area contributed by atoms with Crippen LogP contribution in [0.2, 0.25) is 0 Å². The van der Waals surface area contributed by atoms with Gasteiger partial charge in [0.2, 0.25) is 0 Å². The number of piperidine rings is 1. The summed E-state index contributed by atoms with van der Waals surface area (Å²) in [6.07, 6.45) is 5.43. The molecule has 2 nitrogen and oxygen atoms in total. The first-order chi connectivity index (χ1) is 11.1. The summed E-state index contributed by atoms with van der Waals surface area (Å²) in [5, 5.41) is 0. The van der Waals surface area contributed by atoms with Crippen molar-refractivity contribution in [2.75, 3.05) is 13.1 Å². The van der Waals surface area contributed by atoms with Crippen molar-refractivity contribution in [2.45, 2.75) is 65.1 Å². The highest BCUT2D eigenvalue weighted by Crippen LogP contribution is 2.39. The predicted octanol–water partition coefficient (Wildman–Crippen LogP) is 5.24. The van der Waals surface area contributed by atoms with E-state index in [1.165, 1.54) is 19.3 Å². The van der Waals surface area contributed by atoms with Crippen LogP contribution < -0.4 is 0 Å². The van der Waals surface area contributed by atoms with Gasteiger partial charge in [-0.1, -0.05) is 57.0 Å². The summed E-state index contributed by atoms with van der Waals surface area (Å²) in [6, 6.07) is 9.19. The van der Waals surface area contributed by atoms with Gasteiger partial charge in [-0.15, -0.1) is 0 Å². The first-order valence-electron chi connectivity index (χ1n) is 9.06. The number of hydrogen-bond acceptors (Lipinski definition) is 2. The average molecular weight is 319 g/mol. The van der Waals surface area contributed by atoms with E-state index in [4.69, 9.17) is 0 Å². The minimum atomic E-state index is -0.987. The quantitative estimate of drug-likeness (QED) is 0.482. The summed E-state index contributed by atoms with van der Waals surface area (Å²) in [6.45, 7) is 6.15. The van der Waals surface area contributed by atoms with Gasteiger partial charge in [-0.2, -0.15) is 0 Å². The molecular weight excluding hydrogens is 289 g/mol. The molecule has 2 rings (SSSR count). The highest BCUT2D eigenvalue weighted by atomic mass is 19.1. The van der Waals surface area contributed by atoms with Gasteiger partial charge >= 0.3 is 0 Å². The molecule has 1 unspecified atom stereocenters. The van der Waals surface area contributed by atoms with Crippen molar-refractivity contribution in [1.29, 1.82) is 0 Å². The highest BCUT2D eigenvalue weighted by Gasteiger charge is 2.34. The van der Waals surface area contributed by atoms with Crippen molar-refractivity contribution >= 4 is 5.78 Å². The molecule has 0 N–H and O–H groups in total. The molecule has 0 saturated carbocycles. The van der Waals surface area contributed by atoms with Crippen LogP contribution in [0, 0.1) is 5.41 Å². The molecule has 1 aliphatic heterocycles. The fourth-order valence-electron chi connectivity index (χ4n) is 3.79. The van der Waals surface area contributed by atoms with E-state index >= 15 is 0 Å². The first kappa shape index (κ1) is 18.1. The third-order valence-corrected chi connectivity index (χ3v) is 5.49. The molecule has 0 aromatic heterocycles. The van der Waals surface area contributed by atoms with Gasteiger partial charge in [-0.05, 0) is 31.1 Å². The number of hydrogen-bond donors (Lipinski definition) is 0. The highest BCUT2D eigenvalue weighted by molar-refractivity contribution is 5.95. The Kier molecular flexibility index (Phi) is 6.76. The number of halogens is 1. The molecule has 128 valence electrons. The summed E-state index contributed by atoms with van der Waals surface area (Å²) >= 11 is 0. The molecule has 3 heteroatoms. The Morgan fingerprint density at radius 3 is 2.43 bits per heavy atom. The Morgan fingerprint density at radius 1 is 1.22 bits per heavy atom. The van der Waals surface area contributed by atoms with Crippen LogP contribution >= 0.6 is 0 Å². The molecule has 1 aromatic carbocycles. The Bertz CT molecular complexity index is 480. The molecule has 0 aliphatic carbocycles. The smallest absolute Gasteiger partial charge is 0.163 e. The lowest BCUT2D eigenvalue weighted by molar-refractivity contribution is 0.00691. The molecule has 1 heterocycles. The van der Waals surface area contributed by atoms with E-state index in [0.717, 1.165) is 25.9 Å². The van der Waals surface area contributed by atoms with Crippen LogP contribution in [0.4, 0.5) is 4.39 Å². The third kappa shape index (κ3) is 4.87. The van der Waals surface area contributed by atoms with E-state index in [1.54, 1.807) is 12.1 Å². The van der Waals surface area contributed by atoms with E-state index in [0.29, 0.717) is 17.4 Å². The Morgan fingerprint density at radius 2 is 1.87 bits per heavy atom. The Hall–Kier alpha value is -1.22. The second kappa shape index (κ2) is 8.58. The zero-order chi connectivity index (χ0) is 16.7. The normalized spacial score (nSPS) is 19.4. The van der Waals surface area contributed by atoms with Gasteiger partial charge in [-0.25, -0.2) is 4.39 Å². The van der Waals surface area contributed by atoms with Crippen molar-refractivity contribution in [3.63, 3.8) is 0 Å². The predicted molar refractivity (Wildman–Crippen MR) is 93.3 cm³/mol. The summed E-state index contributed by atoms with van der Waals surface area (Å²) in [5.41, 5.74) is 1.11. The summed E-state index contributed by atoms with van der Waals surface area (Å²) in [4.78, 5) is 14.0. The van der Waals surface area contributed by atoms with Crippen LogP contribution in [0.5, 0.6) is 0 Å². The number of benzene rings is 1. The van der Waals surface area contributed by atoms with Gasteiger partial charge in [0, 0.05) is 25.1 Å². The SMILES string of the molecule is CCCC1(CC)CCN(C(F)CCC(=O)c2ccccc2)CC1. The molecule has 1 fully saturated rings. The maximum Gasteiger partial charge on any atom is 0.163 e. The molecule has 0 amide bonds. The minimum absolute atomic E-state index is 0.0409. The Labute approximate surface area is 140 Å². The molecule has 1 saturated heterocycles. The fourth-order valence-corrected chi connectivity index (χ4v) is 3.79. The molecule has 0 bridgehead atoms. The van der Waals surface area contributed by atoms with Crippen LogP contribution in [-0.4, -0.2) is 30.1 Å².